The van der Waals surface area contributed by atoms with Crippen LogP contribution in [0.4, 0.5) is 4.79 Å². The molecule has 1 amide bonds. The smallest absolute Gasteiger partial charge is 0.410 e. The molecule has 1 aliphatic rings. The molecule has 0 bridgehead atoms. The highest BCUT2D eigenvalue weighted by Gasteiger charge is 2.24. The standard InChI is InChI=1S/C19H23N3O3/c1-13-20-17(23)15-7-5-6-8-16(15)22(13)14-9-11-21(12-10-14)18(24)25-19(2,3)4/h5-9H,10-12H2,1-4H3. The second-order valence-corrected chi connectivity index (χ2v) is 7.19. The molecule has 3 rings (SSSR count). The third-order valence-corrected chi connectivity index (χ3v) is 4.09. The number of hydrogen-bond acceptors (Lipinski definition) is 4. The van der Waals surface area contributed by atoms with Crippen molar-refractivity contribution >= 4 is 22.7 Å². The van der Waals surface area contributed by atoms with Gasteiger partial charge in [0.1, 0.15) is 11.4 Å². The number of carbonyl (C=O) groups is 1. The molecule has 0 N–H and O–H groups in total. The molecule has 0 saturated carbocycles. The van der Waals surface area contributed by atoms with Crippen molar-refractivity contribution in [2.45, 2.75) is 39.7 Å². The van der Waals surface area contributed by atoms with Gasteiger partial charge in [-0.05, 0) is 45.9 Å². The monoisotopic (exact) mass is 341 g/mol. The lowest BCUT2D eigenvalue weighted by Crippen LogP contribution is -2.39. The first-order valence-electron chi connectivity index (χ1n) is 8.42. The van der Waals surface area contributed by atoms with Crippen LogP contribution in [0.2, 0.25) is 0 Å². The Hall–Kier alpha value is -2.63. The van der Waals surface area contributed by atoms with Crippen LogP contribution in [0.25, 0.3) is 16.6 Å². The number of hydrogen-bond donors (Lipinski definition) is 0. The quantitative estimate of drug-likeness (QED) is 0.799. The number of fused-ring (bicyclic) bond motifs is 1. The van der Waals surface area contributed by atoms with Gasteiger partial charge in [-0.15, -0.1) is 0 Å². The van der Waals surface area contributed by atoms with Crippen LogP contribution in [-0.4, -0.2) is 39.2 Å². The third-order valence-electron chi connectivity index (χ3n) is 4.09. The summed E-state index contributed by atoms with van der Waals surface area (Å²) in [6.45, 7) is 8.45. The minimum absolute atomic E-state index is 0.212. The average Bonchev–Trinajstić information content (AvgIpc) is 2.54. The van der Waals surface area contributed by atoms with Gasteiger partial charge in [-0.3, -0.25) is 4.79 Å². The first-order valence-corrected chi connectivity index (χ1v) is 8.42. The lowest BCUT2D eigenvalue weighted by molar-refractivity contribution is 0.0269. The molecule has 2 aromatic rings. The molecule has 1 aliphatic heterocycles. The van der Waals surface area contributed by atoms with E-state index in [-0.39, 0.29) is 11.7 Å². The molecule has 0 atom stereocenters. The maximum atomic E-state index is 12.2. The predicted molar refractivity (Wildman–Crippen MR) is 97.4 cm³/mol. The summed E-state index contributed by atoms with van der Waals surface area (Å²) < 4.78 is 7.43. The number of nitrogens with zero attached hydrogens (tertiary/aromatic N) is 3. The second kappa shape index (κ2) is 6.35. The lowest BCUT2D eigenvalue weighted by atomic mass is 10.1. The molecule has 6 nitrogen and oxygen atoms in total. The van der Waals surface area contributed by atoms with Crippen molar-refractivity contribution in [1.82, 2.24) is 14.5 Å². The molecular formula is C19H23N3O3. The number of aryl methyl sites for hydroxylation is 1. The number of benzene rings is 1. The van der Waals surface area contributed by atoms with Gasteiger partial charge in [0.2, 0.25) is 0 Å². The summed E-state index contributed by atoms with van der Waals surface area (Å²) in [5.41, 5.74) is 1.17. The van der Waals surface area contributed by atoms with Crippen LogP contribution in [0.5, 0.6) is 0 Å². The highest BCUT2D eigenvalue weighted by molar-refractivity contribution is 5.81. The largest absolute Gasteiger partial charge is 0.444 e. The van der Waals surface area contributed by atoms with Crippen LogP contribution in [0.3, 0.4) is 0 Å². The first-order chi connectivity index (χ1) is 11.8. The number of carbonyl (C=O) groups excluding carboxylic acids is 1. The fourth-order valence-corrected chi connectivity index (χ4v) is 3.00. The Balaban J connectivity index is 1.91. The van der Waals surface area contributed by atoms with Crippen LogP contribution in [-0.2, 0) is 4.74 Å². The van der Waals surface area contributed by atoms with Crippen molar-refractivity contribution in [3.63, 3.8) is 0 Å². The summed E-state index contributed by atoms with van der Waals surface area (Å²) in [6.07, 6.45) is 2.37. The van der Waals surface area contributed by atoms with Crippen LogP contribution in [0, 0.1) is 6.92 Å². The van der Waals surface area contributed by atoms with Gasteiger partial charge in [0.15, 0.2) is 0 Å². The van der Waals surface area contributed by atoms with E-state index < -0.39 is 5.60 Å². The lowest BCUT2D eigenvalue weighted by Gasteiger charge is -2.30. The van der Waals surface area contributed by atoms with E-state index in [9.17, 15) is 9.59 Å². The summed E-state index contributed by atoms with van der Waals surface area (Å²) in [6, 6.07) is 7.46. The molecule has 0 unspecified atom stereocenters. The molecule has 6 heteroatoms. The van der Waals surface area contributed by atoms with Gasteiger partial charge in [0.25, 0.3) is 5.56 Å². The highest BCUT2D eigenvalue weighted by atomic mass is 16.6. The first kappa shape index (κ1) is 17.2. The van der Waals surface area contributed by atoms with E-state index in [0.717, 1.165) is 11.2 Å². The molecule has 0 radical (unpaired) electrons. The third kappa shape index (κ3) is 3.57. The van der Waals surface area contributed by atoms with Gasteiger partial charge in [-0.1, -0.05) is 12.1 Å². The normalized spacial score (nSPS) is 15.2. The van der Waals surface area contributed by atoms with E-state index >= 15 is 0 Å². The summed E-state index contributed by atoms with van der Waals surface area (Å²) in [5, 5.41) is 0.601. The zero-order valence-electron chi connectivity index (χ0n) is 15.1. The summed E-state index contributed by atoms with van der Waals surface area (Å²) >= 11 is 0. The minimum Gasteiger partial charge on any atom is -0.444 e. The number of para-hydroxylation sites is 1. The molecule has 2 heterocycles. The number of aromatic nitrogens is 2. The molecule has 0 fully saturated rings. The summed E-state index contributed by atoms with van der Waals surface area (Å²) in [5.74, 6) is 0.653. The Morgan fingerprint density at radius 2 is 1.96 bits per heavy atom. The van der Waals surface area contributed by atoms with Gasteiger partial charge in [0.05, 0.1) is 10.9 Å². The topological polar surface area (TPSA) is 64.4 Å². The molecule has 1 aromatic heterocycles. The van der Waals surface area contributed by atoms with Gasteiger partial charge in [-0.25, -0.2) is 4.79 Å². The van der Waals surface area contributed by atoms with Crippen LogP contribution in [0.15, 0.2) is 35.1 Å². The molecule has 0 spiro atoms. The van der Waals surface area contributed by atoms with Crippen molar-refractivity contribution in [3.8, 4) is 0 Å². The molecule has 0 aliphatic carbocycles. The summed E-state index contributed by atoms with van der Waals surface area (Å²) in [7, 11) is 0. The van der Waals surface area contributed by atoms with E-state index in [0.29, 0.717) is 30.7 Å². The fourth-order valence-electron chi connectivity index (χ4n) is 3.00. The fraction of sp³-hybridized carbons (Fsp3) is 0.421. The SMILES string of the molecule is Cc1nc(=O)c2ccccc2n1C1=CCN(C(=O)OC(C)(C)C)CC1. The zero-order chi connectivity index (χ0) is 18.2. The van der Waals surface area contributed by atoms with Gasteiger partial charge >= 0.3 is 6.09 Å². The van der Waals surface area contributed by atoms with Crippen molar-refractivity contribution in [2.75, 3.05) is 13.1 Å². The second-order valence-electron chi connectivity index (χ2n) is 7.19. The average molecular weight is 341 g/mol. The van der Waals surface area contributed by atoms with E-state index in [2.05, 4.69) is 4.98 Å². The predicted octanol–water partition coefficient (Wildman–Crippen LogP) is 3.19. The summed E-state index contributed by atoms with van der Waals surface area (Å²) in [4.78, 5) is 30.1. The van der Waals surface area contributed by atoms with Gasteiger partial charge in [0, 0.05) is 25.2 Å². The van der Waals surface area contributed by atoms with Crippen molar-refractivity contribution in [2.24, 2.45) is 0 Å². The Morgan fingerprint density at radius 1 is 1.24 bits per heavy atom. The van der Waals surface area contributed by atoms with Crippen LogP contribution < -0.4 is 5.56 Å². The number of amides is 1. The zero-order valence-corrected chi connectivity index (χ0v) is 15.1. The maximum Gasteiger partial charge on any atom is 0.410 e. The Kier molecular flexibility index (Phi) is 4.37. The van der Waals surface area contributed by atoms with Gasteiger partial charge in [-0.2, -0.15) is 4.98 Å². The molecule has 1 aromatic carbocycles. The van der Waals surface area contributed by atoms with E-state index in [4.69, 9.17) is 4.74 Å². The molecule has 25 heavy (non-hydrogen) atoms. The molecule has 132 valence electrons. The van der Waals surface area contributed by atoms with Crippen molar-refractivity contribution in [1.29, 1.82) is 0 Å². The highest BCUT2D eigenvalue weighted by Crippen LogP contribution is 2.23. The minimum atomic E-state index is -0.503. The maximum absolute atomic E-state index is 12.2. The van der Waals surface area contributed by atoms with E-state index in [1.54, 1.807) is 11.0 Å². The van der Waals surface area contributed by atoms with Crippen LogP contribution >= 0.6 is 0 Å². The van der Waals surface area contributed by atoms with E-state index in [1.807, 2.05) is 56.5 Å². The van der Waals surface area contributed by atoms with E-state index in [1.165, 1.54) is 0 Å². The van der Waals surface area contributed by atoms with Crippen LogP contribution in [0.1, 0.15) is 33.0 Å². The number of rotatable bonds is 1. The Labute approximate surface area is 146 Å². The number of ether oxygens (including phenoxy) is 1. The Bertz CT molecular complexity index is 906. The molecular weight excluding hydrogens is 318 g/mol. The van der Waals surface area contributed by atoms with Crippen molar-refractivity contribution in [3.05, 3.63) is 46.5 Å². The Morgan fingerprint density at radius 3 is 2.60 bits per heavy atom. The molecule has 0 saturated heterocycles. The van der Waals surface area contributed by atoms with Crippen molar-refractivity contribution < 1.29 is 9.53 Å². The van der Waals surface area contributed by atoms with Gasteiger partial charge < -0.3 is 14.2 Å².